The Morgan fingerprint density at radius 3 is 2.94 bits per heavy atom. The van der Waals surface area contributed by atoms with Crippen LogP contribution in [0.15, 0.2) is 17.6 Å². The summed E-state index contributed by atoms with van der Waals surface area (Å²) in [5.74, 6) is 0. The van der Waals surface area contributed by atoms with Gasteiger partial charge in [0.05, 0.1) is 19.4 Å². The number of hydrogen-bond donors (Lipinski definition) is 1. The highest BCUT2D eigenvalue weighted by Crippen LogP contribution is 2.12. The van der Waals surface area contributed by atoms with Crippen molar-refractivity contribution < 1.29 is 17.9 Å². The summed E-state index contributed by atoms with van der Waals surface area (Å²) >= 11 is 0. The Labute approximate surface area is 95.8 Å². The van der Waals surface area contributed by atoms with Crippen LogP contribution in [0.1, 0.15) is 0 Å². The Morgan fingerprint density at radius 1 is 1.69 bits per heavy atom. The van der Waals surface area contributed by atoms with Gasteiger partial charge in [-0.25, -0.2) is 18.2 Å². The first kappa shape index (κ1) is 11.2. The second kappa shape index (κ2) is 3.95. The third kappa shape index (κ3) is 2.45. The zero-order chi connectivity index (χ0) is 11.8. The van der Waals surface area contributed by atoms with Crippen LogP contribution in [0.3, 0.4) is 0 Å². The molecule has 1 saturated heterocycles. The average molecular weight is 266 g/mol. The molecule has 0 spiro atoms. The number of amides is 1. The van der Waals surface area contributed by atoms with Gasteiger partial charge in [0.15, 0.2) is 5.03 Å². The minimum absolute atomic E-state index is 0.216. The first-order valence-electron chi connectivity index (χ1n) is 4.36. The number of hydrogen-bond acceptors (Lipinski definition) is 5. The third-order valence-corrected chi connectivity index (χ3v) is 3.21. The first-order chi connectivity index (χ1) is 7.45. The molecule has 1 aromatic rings. The largest absolute Gasteiger partial charge is 0.442 e. The second-order valence-electron chi connectivity index (χ2n) is 3.25. The van der Waals surface area contributed by atoms with E-state index in [1.54, 1.807) is 0 Å². The number of carbonyl (C=O) groups excluding carboxylic acids is 1. The Kier molecular flexibility index (Phi) is 2.76. The molecule has 1 N–H and O–H groups in total. The van der Waals surface area contributed by atoms with Crippen molar-refractivity contribution in [3.8, 4) is 0 Å². The van der Waals surface area contributed by atoms with Crippen LogP contribution in [-0.4, -0.2) is 36.7 Å². The van der Waals surface area contributed by atoms with Crippen molar-refractivity contribution in [2.75, 3.05) is 6.54 Å². The molecule has 2 heterocycles. The fourth-order valence-electron chi connectivity index (χ4n) is 1.33. The lowest BCUT2D eigenvalue weighted by Crippen LogP contribution is -2.19. The average Bonchev–Trinajstić information content (AvgIpc) is 2.74. The highest BCUT2D eigenvalue weighted by molar-refractivity contribution is 8.13. The van der Waals surface area contributed by atoms with Gasteiger partial charge in [-0.3, -0.25) is 0 Å². The van der Waals surface area contributed by atoms with Crippen LogP contribution in [0.2, 0.25) is 0 Å². The summed E-state index contributed by atoms with van der Waals surface area (Å²) in [5.41, 5.74) is 0. The minimum atomic E-state index is -3.81. The fraction of sp³-hybridized carbons (Fsp3) is 0.429. The lowest BCUT2D eigenvalue weighted by molar-refractivity contribution is 0.131. The predicted molar refractivity (Wildman–Crippen MR) is 53.5 cm³/mol. The van der Waals surface area contributed by atoms with Gasteiger partial charge in [0, 0.05) is 16.9 Å². The monoisotopic (exact) mass is 265 g/mol. The molecule has 9 heteroatoms. The number of cyclic esters (lactones) is 1. The zero-order valence-electron chi connectivity index (χ0n) is 7.96. The van der Waals surface area contributed by atoms with Crippen molar-refractivity contribution in [2.45, 2.75) is 17.7 Å². The highest BCUT2D eigenvalue weighted by Gasteiger charge is 2.23. The molecule has 2 rings (SSSR count). The summed E-state index contributed by atoms with van der Waals surface area (Å²) in [6, 6.07) is 0. The number of aromatic nitrogens is 2. The lowest BCUT2D eigenvalue weighted by Gasteiger charge is -2.07. The van der Waals surface area contributed by atoms with E-state index in [9.17, 15) is 13.2 Å². The summed E-state index contributed by atoms with van der Waals surface area (Å²) in [5, 5.41) is 2.27. The van der Waals surface area contributed by atoms with Gasteiger partial charge in [-0.1, -0.05) is 0 Å². The van der Waals surface area contributed by atoms with E-state index < -0.39 is 15.1 Å². The van der Waals surface area contributed by atoms with Gasteiger partial charge in [-0.05, 0) is 0 Å². The fourth-order valence-corrected chi connectivity index (χ4v) is 2.01. The normalized spacial score (nSPS) is 20.6. The molecule has 0 radical (unpaired) electrons. The second-order valence-corrected chi connectivity index (χ2v) is 5.77. The zero-order valence-corrected chi connectivity index (χ0v) is 9.53. The van der Waals surface area contributed by atoms with Crippen molar-refractivity contribution in [1.29, 1.82) is 0 Å². The molecule has 0 saturated carbocycles. The maximum atomic E-state index is 10.9. The lowest BCUT2D eigenvalue weighted by atomic mass is 10.3. The van der Waals surface area contributed by atoms with Crippen LogP contribution in [0, 0.1) is 0 Å². The summed E-state index contributed by atoms with van der Waals surface area (Å²) in [4.78, 5) is 14.4. The van der Waals surface area contributed by atoms with Crippen molar-refractivity contribution >= 4 is 25.8 Å². The first-order valence-corrected chi connectivity index (χ1v) is 6.67. The number of nitrogens with zero attached hydrogens (tertiary/aromatic N) is 2. The van der Waals surface area contributed by atoms with Gasteiger partial charge in [0.25, 0.3) is 9.05 Å². The molecule has 0 bridgehead atoms. The number of halogens is 1. The minimum Gasteiger partial charge on any atom is -0.442 e. The van der Waals surface area contributed by atoms with Crippen LogP contribution < -0.4 is 5.32 Å². The molecule has 1 aromatic heterocycles. The summed E-state index contributed by atoms with van der Waals surface area (Å²) in [6.45, 7) is 0.720. The molecule has 0 aromatic carbocycles. The quantitative estimate of drug-likeness (QED) is 0.772. The van der Waals surface area contributed by atoms with E-state index in [-0.39, 0.29) is 11.1 Å². The molecule has 1 amide bonds. The van der Waals surface area contributed by atoms with Crippen molar-refractivity contribution in [3.05, 3.63) is 12.5 Å². The van der Waals surface area contributed by atoms with Crippen molar-refractivity contribution in [2.24, 2.45) is 0 Å². The van der Waals surface area contributed by atoms with E-state index in [1.165, 1.54) is 17.1 Å². The molecule has 0 aliphatic carbocycles. The molecule has 1 aliphatic rings. The number of nitrogens with one attached hydrogen (secondary N) is 1. The smallest absolute Gasteiger partial charge is 0.407 e. The van der Waals surface area contributed by atoms with E-state index in [0.29, 0.717) is 13.1 Å². The van der Waals surface area contributed by atoms with Crippen LogP contribution in [0.4, 0.5) is 4.79 Å². The van der Waals surface area contributed by atoms with Gasteiger partial charge < -0.3 is 14.6 Å². The third-order valence-electron chi connectivity index (χ3n) is 2.02. The SMILES string of the molecule is O=C1NCC(Cn2cnc(S(=O)(=O)Cl)c2)O1. The van der Waals surface area contributed by atoms with E-state index in [1.807, 2.05) is 0 Å². The molecular weight excluding hydrogens is 258 g/mol. The summed E-state index contributed by atoms with van der Waals surface area (Å²) < 4.78 is 28.2. The van der Waals surface area contributed by atoms with Gasteiger partial charge in [0.1, 0.15) is 6.10 Å². The summed E-state index contributed by atoms with van der Waals surface area (Å²) in [6.07, 6.45) is 1.80. The van der Waals surface area contributed by atoms with Crippen molar-refractivity contribution in [3.63, 3.8) is 0 Å². The molecule has 1 aliphatic heterocycles. The van der Waals surface area contributed by atoms with Gasteiger partial charge >= 0.3 is 6.09 Å². The van der Waals surface area contributed by atoms with Gasteiger partial charge in [0.2, 0.25) is 0 Å². The van der Waals surface area contributed by atoms with Gasteiger partial charge in [-0.2, -0.15) is 0 Å². The number of carbonyl (C=O) groups is 1. The van der Waals surface area contributed by atoms with E-state index in [0.717, 1.165) is 0 Å². The number of ether oxygens (including phenoxy) is 1. The van der Waals surface area contributed by atoms with Crippen LogP contribution >= 0.6 is 10.7 Å². The Morgan fingerprint density at radius 2 is 2.44 bits per heavy atom. The van der Waals surface area contributed by atoms with E-state index >= 15 is 0 Å². The maximum absolute atomic E-state index is 10.9. The topological polar surface area (TPSA) is 90.3 Å². The Bertz CT molecular complexity index is 511. The molecule has 1 unspecified atom stereocenters. The van der Waals surface area contributed by atoms with Crippen LogP contribution in [0.5, 0.6) is 0 Å². The molecule has 1 atom stereocenters. The molecule has 16 heavy (non-hydrogen) atoms. The number of rotatable bonds is 3. The molecule has 1 fully saturated rings. The molecule has 88 valence electrons. The standard InChI is InChI=1S/C7H8ClN3O4S/c8-16(13,14)6-3-11(4-10-6)2-5-1-9-7(12)15-5/h3-5H,1-2H2,(H,9,12). The molecule has 7 nitrogen and oxygen atoms in total. The van der Waals surface area contributed by atoms with Crippen LogP contribution in [-0.2, 0) is 20.3 Å². The Hall–Kier alpha value is -1.28. The molecular formula is C7H8ClN3O4S. The van der Waals surface area contributed by atoms with E-state index in [2.05, 4.69) is 10.3 Å². The Balaban J connectivity index is 2.06. The van der Waals surface area contributed by atoms with Gasteiger partial charge in [-0.15, -0.1) is 0 Å². The highest BCUT2D eigenvalue weighted by atomic mass is 35.7. The van der Waals surface area contributed by atoms with Crippen LogP contribution in [0.25, 0.3) is 0 Å². The predicted octanol–water partition coefficient (Wildman–Crippen LogP) is -0.0810. The van der Waals surface area contributed by atoms with Crippen molar-refractivity contribution in [1.82, 2.24) is 14.9 Å². The summed E-state index contributed by atoms with van der Waals surface area (Å²) in [7, 11) is 1.30. The number of imidazole rings is 1. The maximum Gasteiger partial charge on any atom is 0.407 e. The number of alkyl carbamates (subject to hydrolysis) is 1. The van der Waals surface area contributed by atoms with E-state index in [4.69, 9.17) is 15.4 Å².